The lowest BCUT2D eigenvalue weighted by Gasteiger charge is -2.15. The normalized spacial score (nSPS) is 10.5. The maximum Gasteiger partial charge on any atom is 0.337 e. The number of rotatable bonds is 5. The van der Waals surface area contributed by atoms with Crippen LogP contribution in [0.5, 0.6) is 0 Å². The van der Waals surface area contributed by atoms with E-state index in [1.807, 2.05) is 0 Å². The minimum absolute atomic E-state index is 0.0742. The highest BCUT2D eigenvalue weighted by Gasteiger charge is 2.11. The Kier molecular flexibility index (Phi) is 4.55. The number of halogens is 1. The Hall–Kier alpha value is -1.29. The Morgan fingerprint density at radius 2 is 2.19 bits per heavy atom. The lowest BCUT2D eigenvalue weighted by molar-refractivity contribution is 0.0697. The molecule has 0 saturated carbocycles. The Balaban J connectivity index is 2.90. The van der Waals surface area contributed by atoms with Gasteiger partial charge in [0.05, 0.1) is 10.6 Å². The van der Waals surface area contributed by atoms with Gasteiger partial charge >= 0.3 is 5.97 Å². The van der Waals surface area contributed by atoms with Gasteiger partial charge in [0.2, 0.25) is 0 Å². The Morgan fingerprint density at radius 3 is 2.69 bits per heavy atom. The van der Waals surface area contributed by atoms with E-state index < -0.39 is 5.97 Å². The van der Waals surface area contributed by atoms with E-state index in [9.17, 15) is 4.79 Å². The largest absolute Gasteiger partial charge is 0.478 e. The molecule has 0 spiro atoms. The maximum atomic E-state index is 10.9. The highest BCUT2D eigenvalue weighted by Crippen LogP contribution is 2.19. The van der Waals surface area contributed by atoms with E-state index >= 15 is 0 Å². The van der Waals surface area contributed by atoms with Crippen LogP contribution in [-0.2, 0) is 0 Å². The van der Waals surface area contributed by atoms with Crippen molar-refractivity contribution in [3.63, 3.8) is 0 Å². The molecule has 5 heteroatoms. The number of nitrogens with one attached hydrogen (secondary N) is 1. The molecule has 0 aromatic carbocycles. The van der Waals surface area contributed by atoms with Crippen molar-refractivity contribution in [1.82, 2.24) is 4.98 Å². The molecule has 1 heterocycles. The second-order valence-electron chi connectivity index (χ2n) is 3.51. The average molecular weight is 243 g/mol. The summed E-state index contributed by atoms with van der Waals surface area (Å²) in [6.07, 6.45) is 3.28. The van der Waals surface area contributed by atoms with Crippen LogP contribution >= 0.6 is 11.6 Å². The number of hydrogen-bond donors (Lipinski definition) is 2. The van der Waals surface area contributed by atoms with Gasteiger partial charge in [0.25, 0.3) is 0 Å². The van der Waals surface area contributed by atoms with Crippen LogP contribution in [0.1, 0.15) is 37.0 Å². The summed E-state index contributed by atoms with van der Waals surface area (Å²) >= 11 is 5.72. The van der Waals surface area contributed by atoms with Crippen LogP contribution in [0.3, 0.4) is 0 Å². The van der Waals surface area contributed by atoms with Crippen LogP contribution in [0, 0.1) is 0 Å². The fourth-order valence-corrected chi connectivity index (χ4v) is 1.57. The third-order valence-electron chi connectivity index (χ3n) is 2.42. The van der Waals surface area contributed by atoms with Gasteiger partial charge in [-0.3, -0.25) is 0 Å². The van der Waals surface area contributed by atoms with E-state index in [0.29, 0.717) is 11.9 Å². The summed E-state index contributed by atoms with van der Waals surface area (Å²) in [6.45, 7) is 4.13. The second kappa shape index (κ2) is 5.70. The Morgan fingerprint density at radius 1 is 1.56 bits per heavy atom. The molecule has 0 unspecified atom stereocenters. The fourth-order valence-electron chi connectivity index (χ4n) is 1.38. The first kappa shape index (κ1) is 12.8. The van der Waals surface area contributed by atoms with Crippen LogP contribution in [0.25, 0.3) is 0 Å². The summed E-state index contributed by atoms with van der Waals surface area (Å²) in [7, 11) is 0. The molecule has 1 aromatic heterocycles. The molecule has 4 nitrogen and oxygen atoms in total. The monoisotopic (exact) mass is 242 g/mol. The molecule has 16 heavy (non-hydrogen) atoms. The van der Waals surface area contributed by atoms with Crippen LogP contribution < -0.4 is 5.32 Å². The number of nitrogens with zero attached hydrogens (tertiary/aromatic N) is 1. The van der Waals surface area contributed by atoms with Crippen molar-refractivity contribution in [2.24, 2.45) is 0 Å². The summed E-state index contributed by atoms with van der Waals surface area (Å²) < 4.78 is 0. The molecule has 0 bridgehead atoms. The third kappa shape index (κ3) is 3.10. The summed E-state index contributed by atoms with van der Waals surface area (Å²) in [5.74, 6) is -0.490. The number of aromatic carboxylic acids is 1. The molecule has 0 radical (unpaired) electrons. The molecule has 0 atom stereocenters. The van der Waals surface area contributed by atoms with Gasteiger partial charge in [-0.15, -0.1) is 0 Å². The molecule has 0 amide bonds. The SMILES string of the molecule is CCC(CC)Nc1cc(C(=O)O)c(Cl)cn1. The number of pyridine rings is 1. The maximum absolute atomic E-state index is 10.9. The zero-order valence-corrected chi connectivity index (χ0v) is 10.1. The van der Waals surface area contributed by atoms with Gasteiger partial charge in [-0.05, 0) is 18.9 Å². The highest BCUT2D eigenvalue weighted by atomic mass is 35.5. The van der Waals surface area contributed by atoms with Crippen LogP contribution in [0.15, 0.2) is 12.3 Å². The smallest absolute Gasteiger partial charge is 0.337 e. The van der Waals surface area contributed by atoms with Crippen molar-refractivity contribution in [3.05, 3.63) is 22.8 Å². The predicted molar refractivity (Wildman–Crippen MR) is 64.2 cm³/mol. The number of carboxylic acids is 1. The zero-order valence-electron chi connectivity index (χ0n) is 9.33. The number of aromatic nitrogens is 1. The molecule has 0 saturated heterocycles. The van der Waals surface area contributed by atoms with Crippen LogP contribution in [-0.4, -0.2) is 22.1 Å². The topological polar surface area (TPSA) is 62.2 Å². The van der Waals surface area contributed by atoms with E-state index in [0.717, 1.165) is 12.8 Å². The molecule has 2 N–H and O–H groups in total. The van der Waals surface area contributed by atoms with Crippen LogP contribution in [0.4, 0.5) is 5.82 Å². The molecule has 0 aliphatic heterocycles. The second-order valence-corrected chi connectivity index (χ2v) is 3.92. The zero-order chi connectivity index (χ0) is 12.1. The van der Waals surface area contributed by atoms with Gasteiger partial charge in [-0.1, -0.05) is 25.4 Å². The first-order chi connectivity index (χ1) is 7.58. The number of carboxylic acid groups (broad SMARTS) is 1. The van der Waals surface area contributed by atoms with E-state index in [4.69, 9.17) is 16.7 Å². The molecule has 0 aliphatic rings. The van der Waals surface area contributed by atoms with Crippen LogP contribution in [0.2, 0.25) is 5.02 Å². The Labute approximate surface area is 99.6 Å². The summed E-state index contributed by atoms with van der Waals surface area (Å²) in [6, 6.07) is 1.76. The molecule has 1 aromatic rings. The van der Waals surface area contributed by atoms with E-state index in [1.165, 1.54) is 12.3 Å². The summed E-state index contributed by atoms with van der Waals surface area (Å²) in [4.78, 5) is 14.9. The standard InChI is InChI=1S/C11H15ClN2O2/c1-3-7(4-2)14-10-5-8(11(15)16)9(12)6-13-10/h5-7H,3-4H2,1-2H3,(H,13,14)(H,15,16). The van der Waals surface area contributed by atoms with Gasteiger partial charge in [0.15, 0.2) is 0 Å². The van der Waals surface area contributed by atoms with Gasteiger partial charge in [-0.2, -0.15) is 0 Å². The fraction of sp³-hybridized carbons (Fsp3) is 0.455. The third-order valence-corrected chi connectivity index (χ3v) is 2.72. The van der Waals surface area contributed by atoms with Gasteiger partial charge in [0, 0.05) is 12.2 Å². The number of carbonyl (C=O) groups is 1. The molecule has 88 valence electrons. The average Bonchev–Trinajstić information content (AvgIpc) is 2.27. The van der Waals surface area contributed by atoms with Crippen molar-refractivity contribution in [3.8, 4) is 0 Å². The minimum Gasteiger partial charge on any atom is -0.478 e. The molecular formula is C11H15ClN2O2. The van der Waals surface area contributed by atoms with Crippen molar-refractivity contribution >= 4 is 23.4 Å². The minimum atomic E-state index is -1.04. The van der Waals surface area contributed by atoms with E-state index in [-0.39, 0.29) is 10.6 Å². The summed E-state index contributed by atoms with van der Waals surface area (Å²) in [5, 5.41) is 12.2. The van der Waals surface area contributed by atoms with Gasteiger partial charge in [0.1, 0.15) is 5.82 Å². The predicted octanol–water partition coefficient (Wildman–Crippen LogP) is 3.03. The summed E-state index contributed by atoms with van der Waals surface area (Å²) in [5.41, 5.74) is 0.0742. The lowest BCUT2D eigenvalue weighted by Crippen LogP contribution is -2.18. The lowest BCUT2D eigenvalue weighted by atomic mass is 10.1. The van der Waals surface area contributed by atoms with Gasteiger partial charge in [-0.25, -0.2) is 9.78 Å². The quantitative estimate of drug-likeness (QED) is 0.833. The molecule has 0 aliphatic carbocycles. The molecule has 1 rings (SSSR count). The number of anilines is 1. The van der Waals surface area contributed by atoms with E-state index in [2.05, 4.69) is 24.1 Å². The van der Waals surface area contributed by atoms with Crippen molar-refractivity contribution in [1.29, 1.82) is 0 Å². The highest BCUT2D eigenvalue weighted by molar-refractivity contribution is 6.33. The number of hydrogen-bond acceptors (Lipinski definition) is 3. The Bertz CT molecular complexity index is 378. The van der Waals surface area contributed by atoms with Crippen molar-refractivity contribution < 1.29 is 9.90 Å². The van der Waals surface area contributed by atoms with Crippen molar-refractivity contribution in [2.75, 3.05) is 5.32 Å². The van der Waals surface area contributed by atoms with Gasteiger partial charge < -0.3 is 10.4 Å². The first-order valence-electron chi connectivity index (χ1n) is 5.23. The van der Waals surface area contributed by atoms with E-state index in [1.54, 1.807) is 0 Å². The molecule has 0 fully saturated rings. The first-order valence-corrected chi connectivity index (χ1v) is 5.61. The molecular weight excluding hydrogens is 228 g/mol. The van der Waals surface area contributed by atoms with Crippen molar-refractivity contribution in [2.45, 2.75) is 32.7 Å².